The minimum atomic E-state index is -1.74. The number of rotatable bonds is 3. The van der Waals surface area contributed by atoms with Gasteiger partial charge in [0.25, 0.3) is 0 Å². The molecular formula is C13H15FO5. The van der Waals surface area contributed by atoms with Crippen LogP contribution in [0.4, 0.5) is 4.39 Å². The van der Waals surface area contributed by atoms with Crippen LogP contribution in [0.5, 0.6) is 11.5 Å². The predicted molar refractivity (Wildman–Crippen MR) is 63.7 cm³/mol. The second-order valence-electron chi connectivity index (χ2n) is 4.69. The van der Waals surface area contributed by atoms with Gasteiger partial charge in [0.15, 0.2) is 17.6 Å². The molecule has 0 saturated heterocycles. The van der Waals surface area contributed by atoms with Crippen molar-refractivity contribution in [3.05, 3.63) is 23.3 Å². The fraction of sp³-hybridized carbons (Fsp3) is 0.462. The molecule has 19 heavy (non-hydrogen) atoms. The molecule has 0 spiro atoms. The van der Waals surface area contributed by atoms with E-state index in [1.165, 1.54) is 26.0 Å². The van der Waals surface area contributed by atoms with Crippen LogP contribution >= 0.6 is 0 Å². The summed E-state index contributed by atoms with van der Waals surface area (Å²) >= 11 is 0. The Labute approximate surface area is 109 Å². The number of aliphatic hydroxyl groups is 1. The fourth-order valence-electron chi connectivity index (χ4n) is 1.94. The van der Waals surface area contributed by atoms with Gasteiger partial charge in [-0.2, -0.15) is 0 Å². The first kappa shape index (κ1) is 13.6. The van der Waals surface area contributed by atoms with Crippen molar-refractivity contribution in [3.8, 4) is 11.5 Å². The van der Waals surface area contributed by atoms with Gasteiger partial charge >= 0.3 is 5.97 Å². The van der Waals surface area contributed by atoms with E-state index in [4.69, 9.17) is 9.47 Å². The van der Waals surface area contributed by atoms with Gasteiger partial charge in [-0.25, -0.2) is 9.18 Å². The molecule has 1 aliphatic rings. The van der Waals surface area contributed by atoms with E-state index >= 15 is 0 Å². The highest BCUT2D eigenvalue weighted by atomic mass is 19.1. The molecule has 104 valence electrons. The lowest BCUT2D eigenvalue weighted by atomic mass is 9.91. The third-order valence-corrected chi connectivity index (χ3v) is 2.90. The summed E-state index contributed by atoms with van der Waals surface area (Å²) in [4.78, 5) is 11.4. The monoisotopic (exact) mass is 270 g/mol. The van der Waals surface area contributed by atoms with Crippen LogP contribution in [0.2, 0.25) is 0 Å². The van der Waals surface area contributed by atoms with E-state index < -0.39 is 17.7 Å². The number of benzene rings is 1. The minimum absolute atomic E-state index is 0.0270. The van der Waals surface area contributed by atoms with Gasteiger partial charge in [-0.15, -0.1) is 0 Å². The van der Waals surface area contributed by atoms with Crippen molar-refractivity contribution in [1.29, 1.82) is 0 Å². The van der Waals surface area contributed by atoms with Crippen molar-refractivity contribution in [2.45, 2.75) is 25.6 Å². The number of methoxy groups -OCH3 is 1. The number of carbonyl (C=O) groups is 1. The van der Waals surface area contributed by atoms with E-state index in [-0.39, 0.29) is 17.9 Å². The van der Waals surface area contributed by atoms with Gasteiger partial charge in [0.2, 0.25) is 6.79 Å². The van der Waals surface area contributed by atoms with Crippen molar-refractivity contribution >= 4 is 5.97 Å². The minimum Gasteiger partial charge on any atom is -0.467 e. The summed E-state index contributed by atoms with van der Waals surface area (Å²) < 4.78 is 29.0. The largest absolute Gasteiger partial charge is 0.467 e. The lowest BCUT2D eigenvalue weighted by Crippen LogP contribution is -2.20. The molecule has 2 rings (SSSR count). The molecule has 1 aromatic carbocycles. The number of esters is 1. The van der Waals surface area contributed by atoms with Gasteiger partial charge in [0.1, 0.15) is 5.67 Å². The number of hydrogen-bond donors (Lipinski definition) is 1. The molecular weight excluding hydrogens is 255 g/mol. The lowest BCUT2D eigenvalue weighted by Gasteiger charge is -2.21. The lowest BCUT2D eigenvalue weighted by molar-refractivity contribution is -0.150. The molecule has 0 aliphatic carbocycles. The average molecular weight is 270 g/mol. The SMILES string of the molecule is COC(=O)C(O)c1cc2c(cc1C(C)(C)F)OCO2. The molecule has 0 bridgehead atoms. The van der Waals surface area contributed by atoms with E-state index in [9.17, 15) is 14.3 Å². The molecule has 1 unspecified atom stereocenters. The van der Waals surface area contributed by atoms with Gasteiger partial charge < -0.3 is 19.3 Å². The molecule has 0 radical (unpaired) electrons. The first-order valence-electron chi connectivity index (χ1n) is 5.73. The van der Waals surface area contributed by atoms with E-state index in [1.807, 2.05) is 0 Å². The predicted octanol–water partition coefficient (Wildman–Crippen LogP) is 1.83. The Morgan fingerprint density at radius 3 is 2.53 bits per heavy atom. The second kappa shape index (κ2) is 4.70. The van der Waals surface area contributed by atoms with Crippen LogP contribution in [0.3, 0.4) is 0 Å². The summed E-state index contributed by atoms with van der Waals surface area (Å²) in [5.41, 5.74) is -1.47. The maximum absolute atomic E-state index is 14.2. The topological polar surface area (TPSA) is 65.0 Å². The molecule has 1 aromatic rings. The van der Waals surface area contributed by atoms with Gasteiger partial charge in [-0.3, -0.25) is 0 Å². The van der Waals surface area contributed by atoms with Crippen LogP contribution in [0.1, 0.15) is 31.1 Å². The van der Waals surface area contributed by atoms with Gasteiger partial charge in [-0.05, 0) is 31.5 Å². The summed E-state index contributed by atoms with van der Waals surface area (Å²) in [6.07, 6.45) is -1.57. The second-order valence-corrected chi connectivity index (χ2v) is 4.69. The average Bonchev–Trinajstić information content (AvgIpc) is 2.81. The third kappa shape index (κ3) is 2.49. The zero-order valence-corrected chi connectivity index (χ0v) is 10.9. The number of aliphatic hydroxyl groups excluding tert-OH is 1. The first-order chi connectivity index (χ1) is 8.84. The van der Waals surface area contributed by atoms with Crippen LogP contribution in [-0.4, -0.2) is 25.0 Å². The molecule has 0 aromatic heterocycles. The Hall–Kier alpha value is -1.82. The quantitative estimate of drug-likeness (QED) is 0.849. The van der Waals surface area contributed by atoms with Crippen molar-refractivity contribution in [2.75, 3.05) is 13.9 Å². The van der Waals surface area contributed by atoms with E-state index in [2.05, 4.69) is 4.74 Å². The number of alkyl halides is 1. The van der Waals surface area contributed by atoms with Gasteiger partial charge in [-0.1, -0.05) is 0 Å². The van der Waals surface area contributed by atoms with Gasteiger partial charge in [0, 0.05) is 5.56 Å². The Kier molecular flexibility index (Phi) is 3.36. The highest BCUT2D eigenvalue weighted by Gasteiger charge is 2.32. The third-order valence-electron chi connectivity index (χ3n) is 2.90. The van der Waals surface area contributed by atoms with Gasteiger partial charge in [0.05, 0.1) is 7.11 Å². The summed E-state index contributed by atoms with van der Waals surface area (Å²) in [5.74, 6) is -0.100. The molecule has 1 N–H and O–H groups in total. The maximum Gasteiger partial charge on any atom is 0.339 e. The maximum atomic E-state index is 14.2. The summed E-state index contributed by atoms with van der Waals surface area (Å²) in [6.45, 7) is 2.69. The van der Waals surface area contributed by atoms with E-state index in [0.717, 1.165) is 7.11 Å². The molecule has 1 aliphatic heterocycles. The summed E-state index contributed by atoms with van der Waals surface area (Å²) in [5, 5.41) is 9.93. The molecule has 0 amide bonds. The number of ether oxygens (including phenoxy) is 3. The Morgan fingerprint density at radius 1 is 1.42 bits per heavy atom. The standard InChI is InChI=1S/C13H15FO5/c1-13(2,14)8-5-10-9(18-6-19-10)4-7(8)11(15)12(16)17-3/h4-5,11,15H,6H2,1-3H3. The Morgan fingerprint density at radius 2 is 2.00 bits per heavy atom. The summed E-state index contributed by atoms with van der Waals surface area (Å²) in [7, 11) is 1.15. The van der Waals surface area contributed by atoms with Crippen molar-refractivity contribution < 1.29 is 28.5 Å². The molecule has 6 heteroatoms. The fourth-order valence-corrected chi connectivity index (χ4v) is 1.94. The van der Waals surface area contributed by atoms with Crippen LogP contribution in [0.25, 0.3) is 0 Å². The molecule has 0 saturated carbocycles. The highest BCUT2D eigenvalue weighted by Crippen LogP contribution is 2.41. The number of hydrogen-bond acceptors (Lipinski definition) is 5. The molecule has 1 heterocycles. The van der Waals surface area contributed by atoms with Crippen LogP contribution in [0, 0.1) is 0 Å². The number of carbonyl (C=O) groups excluding carboxylic acids is 1. The first-order valence-corrected chi connectivity index (χ1v) is 5.73. The zero-order valence-electron chi connectivity index (χ0n) is 10.9. The van der Waals surface area contributed by atoms with E-state index in [1.54, 1.807) is 0 Å². The molecule has 0 fully saturated rings. The molecule has 1 atom stereocenters. The molecule has 5 nitrogen and oxygen atoms in total. The van der Waals surface area contributed by atoms with Crippen LogP contribution < -0.4 is 9.47 Å². The Balaban J connectivity index is 2.54. The summed E-state index contributed by atoms with van der Waals surface area (Å²) in [6, 6.07) is 2.84. The zero-order chi connectivity index (χ0) is 14.2. The smallest absolute Gasteiger partial charge is 0.339 e. The number of fused-ring (bicyclic) bond motifs is 1. The van der Waals surface area contributed by atoms with Crippen molar-refractivity contribution in [3.63, 3.8) is 0 Å². The van der Waals surface area contributed by atoms with E-state index in [0.29, 0.717) is 11.5 Å². The van der Waals surface area contributed by atoms with Crippen LogP contribution in [-0.2, 0) is 15.2 Å². The normalized spacial score (nSPS) is 15.2. The van der Waals surface area contributed by atoms with Crippen molar-refractivity contribution in [1.82, 2.24) is 0 Å². The van der Waals surface area contributed by atoms with Crippen LogP contribution in [0.15, 0.2) is 12.1 Å². The highest BCUT2D eigenvalue weighted by molar-refractivity contribution is 5.77. The Bertz CT molecular complexity index is 506. The van der Waals surface area contributed by atoms with Crippen molar-refractivity contribution in [2.24, 2.45) is 0 Å². The number of halogens is 1.